The van der Waals surface area contributed by atoms with Crippen LogP contribution in [0, 0.1) is 0 Å². The first-order valence-corrected chi connectivity index (χ1v) is 7.45. The Morgan fingerprint density at radius 1 is 1.26 bits per heavy atom. The van der Waals surface area contributed by atoms with E-state index < -0.39 is 5.91 Å². The predicted molar refractivity (Wildman–Crippen MR) is 82.7 cm³/mol. The van der Waals surface area contributed by atoms with Crippen LogP contribution in [0.2, 0.25) is 0 Å². The molecule has 0 saturated carbocycles. The van der Waals surface area contributed by atoms with Crippen molar-refractivity contribution in [1.29, 1.82) is 0 Å². The van der Waals surface area contributed by atoms with E-state index in [0.29, 0.717) is 37.4 Å². The van der Waals surface area contributed by atoms with E-state index in [1.165, 1.54) is 0 Å². The lowest BCUT2D eigenvalue weighted by Crippen LogP contribution is -2.36. The van der Waals surface area contributed by atoms with Gasteiger partial charge in [-0.2, -0.15) is 0 Å². The van der Waals surface area contributed by atoms with Crippen LogP contribution in [-0.4, -0.2) is 35.0 Å². The number of fused-ring (bicyclic) bond motifs is 1. The first-order valence-electron chi connectivity index (χ1n) is 7.45. The Kier molecular flexibility index (Phi) is 4.12. The molecule has 0 radical (unpaired) electrons. The fourth-order valence-corrected chi connectivity index (χ4v) is 2.72. The van der Waals surface area contributed by atoms with Crippen molar-refractivity contribution in [3.63, 3.8) is 0 Å². The molecule has 1 aliphatic heterocycles. The van der Waals surface area contributed by atoms with E-state index in [-0.39, 0.29) is 11.6 Å². The molecule has 0 fully saturated rings. The smallest absolute Gasteiger partial charge is 0.276 e. The molecule has 2 heterocycles. The number of primary amides is 1. The van der Waals surface area contributed by atoms with Crippen molar-refractivity contribution in [2.24, 2.45) is 11.5 Å². The second-order valence-corrected chi connectivity index (χ2v) is 5.54. The fourth-order valence-electron chi connectivity index (χ4n) is 2.72. The van der Waals surface area contributed by atoms with Crippen LogP contribution in [0.25, 0.3) is 0 Å². The summed E-state index contributed by atoms with van der Waals surface area (Å²) in [7, 11) is 0. The number of hydrogen-bond donors (Lipinski definition) is 2. The minimum atomic E-state index is -0.473. The number of nitrogens with two attached hydrogens (primary N) is 2. The molecule has 0 unspecified atom stereocenters. The predicted octanol–water partition coefficient (Wildman–Crippen LogP) is 0.473. The zero-order valence-corrected chi connectivity index (χ0v) is 12.6. The summed E-state index contributed by atoms with van der Waals surface area (Å²) in [5, 5.41) is 3.82. The Hall–Kier alpha value is -2.67. The molecule has 0 aliphatic carbocycles. The van der Waals surface area contributed by atoms with Crippen molar-refractivity contribution in [3.8, 4) is 0 Å². The lowest BCUT2D eigenvalue weighted by molar-refractivity contribution is 0.0724. The molecule has 120 valence electrons. The third kappa shape index (κ3) is 3.09. The van der Waals surface area contributed by atoms with Gasteiger partial charge in [-0.1, -0.05) is 11.2 Å². The zero-order chi connectivity index (χ0) is 16.4. The number of nitrogens with zero attached hydrogens (tertiary/aromatic N) is 2. The van der Waals surface area contributed by atoms with Crippen LogP contribution in [0.5, 0.6) is 0 Å². The van der Waals surface area contributed by atoms with Crippen molar-refractivity contribution in [3.05, 3.63) is 52.4 Å². The molecule has 7 heteroatoms. The van der Waals surface area contributed by atoms with E-state index in [9.17, 15) is 9.59 Å². The van der Waals surface area contributed by atoms with E-state index in [4.69, 9.17) is 16.0 Å². The highest BCUT2D eigenvalue weighted by Crippen LogP contribution is 2.22. The molecule has 1 aromatic heterocycles. The summed E-state index contributed by atoms with van der Waals surface area (Å²) in [6.45, 7) is 1.46. The summed E-state index contributed by atoms with van der Waals surface area (Å²) in [5.74, 6) is -0.0596. The quantitative estimate of drug-likeness (QED) is 0.851. The van der Waals surface area contributed by atoms with E-state index in [1.807, 2.05) is 6.07 Å². The third-order valence-corrected chi connectivity index (χ3v) is 3.96. The molecular formula is C16H18N4O3. The minimum absolute atomic E-state index is 0.188. The number of hydrogen-bond acceptors (Lipinski definition) is 5. The first kappa shape index (κ1) is 15.2. The molecule has 0 saturated heterocycles. The summed E-state index contributed by atoms with van der Waals surface area (Å²) in [4.78, 5) is 25.5. The highest BCUT2D eigenvalue weighted by atomic mass is 16.5. The number of benzene rings is 1. The molecule has 0 bridgehead atoms. The minimum Gasteiger partial charge on any atom is -0.366 e. The first-order chi connectivity index (χ1) is 11.1. The monoisotopic (exact) mass is 314 g/mol. The number of amides is 2. The number of carbonyl (C=O) groups is 2. The molecular weight excluding hydrogens is 296 g/mol. The Morgan fingerprint density at radius 3 is 2.83 bits per heavy atom. The van der Waals surface area contributed by atoms with Crippen LogP contribution in [0.4, 0.5) is 0 Å². The van der Waals surface area contributed by atoms with Gasteiger partial charge < -0.3 is 20.9 Å². The second-order valence-electron chi connectivity index (χ2n) is 5.54. The van der Waals surface area contributed by atoms with Gasteiger partial charge in [-0.05, 0) is 36.2 Å². The zero-order valence-electron chi connectivity index (χ0n) is 12.6. The van der Waals surface area contributed by atoms with Crippen molar-refractivity contribution in [2.75, 3.05) is 13.1 Å². The molecule has 2 aromatic rings. The third-order valence-electron chi connectivity index (χ3n) is 3.96. The number of aromatic nitrogens is 1. The second kappa shape index (κ2) is 6.21. The van der Waals surface area contributed by atoms with Crippen LogP contribution >= 0.6 is 0 Å². The average molecular weight is 314 g/mol. The topological polar surface area (TPSA) is 115 Å². The lowest BCUT2D eigenvalue weighted by Gasteiger charge is -2.28. The van der Waals surface area contributed by atoms with Crippen LogP contribution in [0.3, 0.4) is 0 Å². The van der Waals surface area contributed by atoms with Crippen LogP contribution in [0.1, 0.15) is 37.7 Å². The number of rotatable bonds is 4. The van der Waals surface area contributed by atoms with Gasteiger partial charge in [-0.25, -0.2) is 0 Å². The molecule has 1 aliphatic rings. The summed E-state index contributed by atoms with van der Waals surface area (Å²) in [6, 6.07) is 6.99. The normalized spacial score (nSPS) is 13.7. The molecule has 0 spiro atoms. The van der Waals surface area contributed by atoms with Gasteiger partial charge in [0, 0.05) is 31.1 Å². The standard InChI is InChI=1S/C16H18N4O3/c17-5-3-13-8-14(19-23-13)16(22)20-6-4-10-1-2-11(15(18)21)7-12(10)9-20/h1-2,7-8H,3-6,9,17H2,(H2,18,21). The summed E-state index contributed by atoms with van der Waals surface area (Å²) in [5.41, 5.74) is 13.6. The highest BCUT2D eigenvalue weighted by Gasteiger charge is 2.24. The molecule has 4 N–H and O–H groups in total. The Balaban J connectivity index is 1.78. The lowest BCUT2D eigenvalue weighted by atomic mass is 9.97. The van der Waals surface area contributed by atoms with Crippen LogP contribution in [0.15, 0.2) is 28.8 Å². The maximum atomic E-state index is 12.5. The van der Waals surface area contributed by atoms with E-state index in [1.54, 1.807) is 23.1 Å². The molecule has 1 aromatic carbocycles. The molecule has 0 atom stereocenters. The van der Waals surface area contributed by atoms with Gasteiger partial charge in [0.25, 0.3) is 5.91 Å². The SMILES string of the molecule is NCCc1cc(C(=O)N2CCc3ccc(C(N)=O)cc3C2)no1. The maximum Gasteiger partial charge on any atom is 0.276 e. The average Bonchev–Trinajstić information content (AvgIpc) is 3.02. The van der Waals surface area contributed by atoms with Gasteiger partial charge in [0.2, 0.25) is 5.91 Å². The Labute approximate surface area is 133 Å². The Bertz CT molecular complexity index is 754. The molecule has 23 heavy (non-hydrogen) atoms. The van der Waals surface area contributed by atoms with E-state index in [0.717, 1.165) is 17.5 Å². The van der Waals surface area contributed by atoms with Crippen molar-refractivity contribution < 1.29 is 14.1 Å². The van der Waals surface area contributed by atoms with E-state index >= 15 is 0 Å². The summed E-state index contributed by atoms with van der Waals surface area (Å²) < 4.78 is 5.10. The van der Waals surface area contributed by atoms with Gasteiger partial charge in [-0.15, -0.1) is 0 Å². The molecule has 7 nitrogen and oxygen atoms in total. The molecule has 3 rings (SSSR count). The summed E-state index contributed by atoms with van der Waals surface area (Å²) in [6.07, 6.45) is 1.28. The molecule has 2 amide bonds. The maximum absolute atomic E-state index is 12.5. The fraction of sp³-hybridized carbons (Fsp3) is 0.312. The van der Waals surface area contributed by atoms with Gasteiger partial charge in [-0.3, -0.25) is 9.59 Å². The summed E-state index contributed by atoms with van der Waals surface area (Å²) >= 11 is 0. The highest BCUT2D eigenvalue weighted by molar-refractivity contribution is 5.94. The van der Waals surface area contributed by atoms with Gasteiger partial charge in [0.05, 0.1) is 0 Å². The van der Waals surface area contributed by atoms with Crippen LogP contribution in [-0.2, 0) is 19.4 Å². The van der Waals surface area contributed by atoms with Crippen molar-refractivity contribution >= 4 is 11.8 Å². The van der Waals surface area contributed by atoms with Gasteiger partial charge in [0.15, 0.2) is 5.69 Å². The largest absolute Gasteiger partial charge is 0.366 e. The van der Waals surface area contributed by atoms with E-state index in [2.05, 4.69) is 5.16 Å². The van der Waals surface area contributed by atoms with Crippen LogP contribution < -0.4 is 11.5 Å². The number of carbonyl (C=O) groups excluding carboxylic acids is 2. The van der Waals surface area contributed by atoms with Crippen molar-refractivity contribution in [2.45, 2.75) is 19.4 Å². The van der Waals surface area contributed by atoms with Gasteiger partial charge >= 0.3 is 0 Å². The van der Waals surface area contributed by atoms with Crippen molar-refractivity contribution in [1.82, 2.24) is 10.1 Å². The van der Waals surface area contributed by atoms with Gasteiger partial charge in [0.1, 0.15) is 5.76 Å². The Morgan fingerprint density at radius 2 is 2.09 bits per heavy atom.